The normalized spacial score (nSPS) is 18.2. The van der Waals surface area contributed by atoms with E-state index in [1.807, 2.05) is 0 Å². The Hall–Kier alpha value is -1.02. The molecule has 18 heavy (non-hydrogen) atoms. The summed E-state index contributed by atoms with van der Waals surface area (Å²) in [4.78, 5) is 2.59. The van der Waals surface area contributed by atoms with E-state index in [1.165, 1.54) is 37.2 Å². The van der Waals surface area contributed by atoms with Gasteiger partial charge in [0.05, 0.1) is 0 Å². The largest absolute Gasteiger partial charge is 0.385 e. The van der Waals surface area contributed by atoms with Crippen molar-refractivity contribution in [2.45, 2.75) is 45.6 Å². The molecule has 0 amide bonds. The summed E-state index contributed by atoms with van der Waals surface area (Å²) in [5, 5.41) is 3.35. The smallest absolute Gasteiger partial charge is 0.0340 e. The van der Waals surface area contributed by atoms with Gasteiger partial charge in [-0.3, -0.25) is 0 Å². The Morgan fingerprint density at radius 1 is 1.17 bits per heavy atom. The number of piperidine rings is 1. The second-order valence-corrected chi connectivity index (χ2v) is 5.56. The molecule has 1 aliphatic heterocycles. The Morgan fingerprint density at radius 3 is 2.28 bits per heavy atom. The highest BCUT2D eigenvalue weighted by Gasteiger charge is 2.21. The molecule has 0 aliphatic carbocycles. The highest BCUT2D eigenvalue weighted by atomic mass is 15.1. The fraction of sp³-hybridized carbons (Fsp3) is 0.625. The van der Waals surface area contributed by atoms with Crippen LogP contribution < -0.4 is 5.32 Å². The van der Waals surface area contributed by atoms with E-state index < -0.39 is 0 Å². The van der Waals surface area contributed by atoms with Crippen molar-refractivity contribution in [2.24, 2.45) is 0 Å². The Kier molecular flexibility index (Phi) is 4.65. The number of likely N-dealkylation sites (tertiary alicyclic amines) is 1. The molecular formula is C16H26N2. The highest BCUT2D eigenvalue weighted by Crippen LogP contribution is 2.29. The zero-order chi connectivity index (χ0) is 13.0. The Morgan fingerprint density at radius 2 is 1.78 bits per heavy atom. The average molecular weight is 246 g/mol. The standard InChI is InChI=1S/C16H26N2/c1-4-17-16-7-5-14(6-8-16)15-9-11-18(12-10-15)13(2)3/h5-8,13,15,17H,4,9-12H2,1-3H3. The topological polar surface area (TPSA) is 15.3 Å². The van der Waals surface area contributed by atoms with Crippen LogP contribution in [0.4, 0.5) is 5.69 Å². The monoisotopic (exact) mass is 246 g/mol. The second kappa shape index (κ2) is 6.24. The van der Waals surface area contributed by atoms with Gasteiger partial charge in [0.2, 0.25) is 0 Å². The maximum absolute atomic E-state index is 3.35. The minimum absolute atomic E-state index is 0.696. The van der Waals surface area contributed by atoms with Crippen molar-refractivity contribution in [2.75, 3.05) is 25.0 Å². The maximum atomic E-state index is 3.35. The molecule has 1 N–H and O–H groups in total. The number of rotatable bonds is 4. The van der Waals surface area contributed by atoms with Gasteiger partial charge in [0, 0.05) is 18.3 Å². The van der Waals surface area contributed by atoms with Gasteiger partial charge in [0.1, 0.15) is 0 Å². The van der Waals surface area contributed by atoms with Crippen molar-refractivity contribution in [1.29, 1.82) is 0 Å². The minimum Gasteiger partial charge on any atom is -0.385 e. The average Bonchev–Trinajstić information content (AvgIpc) is 2.40. The number of nitrogens with one attached hydrogen (secondary N) is 1. The molecule has 0 unspecified atom stereocenters. The zero-order valence-corrected chi connectivity index (χ0v) is 11.9. The van der Waals surface area contributed by atoms with Gasteiger partial charge in [-0.2, -0.15) is 0 Å². The first-order valence-corrected chi connectivity index (χ1v) is 7.28. The third-order valence-electron chi connectivity index (χ3n) is 4.02. The fourth-order valence-corrected chi connectivity index (χ4v) is 2.83. The van der Waals surface area contributed by atoms with Crippen LogP contribution in [-0.4, -0.2) is 30.6 Å². The van der Waals surface area contributed by atoms with E-state index in [2.05, 4.69) is 55.3 Å². The van der Waals surface area contributed by atoms with Crippen LogP contribution >= 0.6 is 0 Å². The molecule has 2 heteroatoms. The highest BCUT2D eigenvalue weighted by molar-refractivity contribution is 5.45. The Balaban J connectivity index is 1.93. The van der Waals surface area contributed by atoms with Gasteiger partial charge in [-0.05, 0) is 70.3 Å². The van der Waals surface area contributed by atoms with Crippen LogP contribution in [0.15, 0.2) is 24.3 Å². The molecule has 1 heterocycles. The van der Waals surface area contributed by atoms with Crippen LogP contribution in [-0.2, 0) is 0 Å². The molecule has 0 bridgehead atoms. The van der Waals surface area contributed by atoms with Crippen LogP contribution in [0, 0.1) is 0 Å². The summed E-state index contributed by atoms with van der Waals surface area (Å²) in [5.74, 6) is 0.760. The van der Waals surface area contributed by atoms with Gasteiger partial charge >= 0.3 is 0 Å². The Labute approximate surface area is 111 Å². The first kappa shape index (κ1) is 13.4. The molecule has 1 aromatic rings. The first-order valence-electron chi connectivity index (χ1n) is 7.28. The van der Waals surface area contributed by atoms with E-state index in [4.69, 9.17) is 0 Å². The fourth-order valence-electron chi connectivity index (χ4n) is 2.83. The summed E-state index contributed by atoms with van der Waals surface area (Å²) >= 11 is 0. The van der Waals surface area contributed by atoms with Crippen molar-refractivity contribution in [3.63, 3.8) is 0 Å². The maximum Gasteiger partial charge on any atom is 0.0340 e. The molecule has 0 radical (unpaired) electrons. The molecule has 1 fully saturated rings. The van der Waals surface area contributed by atoms with E-state index in [-0.39, 0.29) is 0 Å². The third kappa shape index (κ3) is 3.26. The minimum atomic E-state index is 0.696. The van der Waals surface area contributed by atoms with Crippen LogP contribution in [0.5, 0.6) is 0 Å². The lowest BCUT2D eigenvalue weighted by molar-refractivity contribution is 0.172. The summed E-state index contributed by atoms with van der Waals surface area (Å²) in [6, 6.07) is 9.73. The van der Waals surface area contributed by atoms with Gasteiger partial charge in [-0.15, -0.1) is 0 Å². The quantitative estimate of drug-likeness (QED) is 0.871. The Bertz CT molecular complexity index is 348. The number of hydrogen-bond donors (Lipinski definition) is 1. The van der Waals surface area contributed by atoms with E-state index in [1.54, 1.807) is 0 Å². The van der Waals surface area contributed by atoms with Gasteiger partial charge in [-0.1, -0.05) is 12.1 Å². The zero-order valence-electron chi connectivity index (χ0n) is 11.9. The van der Waals surface area contributed by atoms with Crippen LogP contribution in [0.25, 0.3) is 0 Å². The summed E-state index contributed by atoms with van der Waals surface area (Å²) < 4.78 is 0. The number of hydrogen-bond acceptors (Lipinski definition) is 2. The first-order chi connectivity index (χ1) is 8.70. The van der Waals surface area contributed by atoms with E-state index in [0.717, 1.165) is 12.5 Å². The molecule has 1 aromatic carbocycles. The van der Waals surface area contributed by atoms with Crippen LogP contribution in [0.3, 0.4) is 0 Å². The predicted molar refractivity (Wildman–Crippen MR) is 79.3 cm³/mol. The number of benzene rings is 1. The van der Waals surface area contributed by atoms with E-state index in [9.17, 15) is 0 Å². The molecule has 0 spiro atoms. The molecule has 1 aliphatic rings. The van der Waals surface area contributed by atoms with Gasteiger partial charge < -0.3 is 10.2 Å². The molecule has 2 rings (SSSR count). The van der Waals surface area contributed by atoms with E-state index in [0.29, 0.717) is 6.04 Å². The summed E-state index contributed by atoms with van der Waals surface area (Å²) in [7, 11) is 0. The van der Waals surface area contributed by atoms with Gasteiger partial charge in [0.25, 0.3) is 0 Å². The molecular weight excluding hydrogens is 220 g/mol. The lowest BCUT2D eigenvalue weighted by Crippen LogP contribution is -2.37. The predicted octanol–water partition coefficient (Wildman–Crippen LogP) is 3.71. The van der Waals surface area contributed by atoms with Gasteiger partial charge in [0.15, 0.2) is 0 Å². The van der Waals surface area contributed by atoms with Crippen molar-refractivity contribution < 1.29 is 0 Å². The lowest BCUT2D eigenvalue weighted by atomic mass is 9.89. The molecule has 1 saturated heterocycles. The second-order valence-electron chi connectivity index (χ2n) is 5.56. The number of nitrogens with zero attached hydrogens (tertiary/aromatic N) is 1. The van der Waals surface area contributed by atoms with Crippen LogP contribution in [0.2, 0.25) is 0 Å². The van der Waals surface area contributed by atoms with Crippen molar-refractivity contribution >= 4 is 5.69 Å². The molecule has 0 aromatic heterocycles. The van der Waals surface area contributed by atoms with Crippen molar-refractivity contribution in [3.8, 4) is 0 Å². The molecule has 2 nitrogen and oxygen atoms in total. The van der Waals surface area contributed by atoms with E-state index >= 15 is 0 Å². The van der Waals surface area contributed by atoms with Crippen LogP contribution in [0.1, 0.15) is 45.1 Å². The SMILES string of the molecule is CCNc1ccc(C2CCN(C(C)C)CC2)cc1. The lowest BCUT2D eigenvalue weighted by Gasteiger charge is -2.34. The third-order valence-corrected chi connectivity index (χ3v) is 4.02. The van der Waals surface area contributed by atoms with Gasteiger partial charge in [-0.25, -0.2) is 0 Å². The summed E-state index contributed by atoms with van der Waals surface area (Å²) in [6.45, 7) is 10.2. The summed E-state index contributed by atoms with van der Waals surface area (Å²) in [6.07, 6.45) is 2.61. The summed E-state index contributed by atoms with van der Waals surface area (Å²) in [5.41, 5.74) is 2.75. The molecule has 100 valence electrons. The number of anilines is 1. The molecule has 0 saturated carbocycles. The van der Waals surface area contributed by atoms with Crippen molar-refractivity contribution in [3.05, 3.63) is 29.8 Å². The molecule has 0 atom stereocenters. The van der Waals surface area contributed by atoms with Crippen molar-refractivity contribution in [1.82, 2.24) is 4.90 Å².